The molecule has 3 nitrogen and oxygen atoms in total. The van der Waals surface area contributed by atoms with Gasteiger partial charge in [0.2, 0.25) is 0 Å². The first-order valence-electron chi connectivity index (χ1n) is 6.02. The number of carbonyl (C=O) groups is 1. The van der Waals surface area contributed by atoms with Crippen molar-refractivity contribution >= 4 is 16.8 Å². The molecular formula is C15H12F2O3S. The number of hydrogen-bond acceptors (Lipinski definition) is 3. The molecule has 0 aliphatic carbocycles. The van der Waals surface area contributed by atoms with Gasteiger partial charge < -0.3 is 4.74 Å². The molecule has 6 heteroatoms. The smallest absolute Gasteiger partial charge is 0.337 e. The maximum absolute atomic E-state index is 13.1. The van der Waals surface area contributed by atoms with Crippen LogP contribution in [0.25, 0.3) is 0 Å². The first-order valence-corrected chi connectivity index (χ1v) is 7.34. The number of esters is 1. The minimum atomic E-state index is -1.49. The van der Waals surface area contributed by atoms with Crippen molar-refractivity contribution in [3.8, 4) is 0 Å². The van der Waals surface area contributed by atoms with E-state index in [2.05, 4.69) is 4.74 Å². The van der Waals surface area contributed by atoms with Crippen molar-refractivity contribution in [2.75, 3.05) is 7.11 Å². The molecule has 0 saturated heterocycles. The third-order valence-electron chi connectivity index (χ3n) is 2.83. The van der Waals surface area contributed by atoms with Gasteiger partial charge >= 0.3 is 5.97 Å². The maximum Gasteiger partial charge on any atom is 0.337 e. The minimum absolute atomic E-state index is 0.145. The van der Waals surface area contributed by atoms with Gasteiger partial charge in [0, 0.05) is 4.90 Å². The van der Waals surface area contributed by atoms with Gasteiger partial charge in [0.1, 0.15) is 0 Å². The molecule has 0 amide bonds. The molecule has 110 valence electrons. The second-order valence-electron chi connectivity index (χ2n) is 4.25. The Labute approximate surface area is 123 Å². The highest BCUT2D eigenvalue weighted by Crippen LogP contribution is 2.16. The normalized spacial score (nSPS) is 12.0. The summed E-state index contributed by atoms with van der Waals surface area (Å²) in [6.07, 6.45) is 0. The average Bonchev–Trinajstić information content (AvgIpc) is 2.50. The Morgan fingerprint density at radius 3 is 2.33 bits per heavy atom. The van der Waals surface area contributed by atoms with Crippen LogP contribution in [0.2, 0.25) is 0 Å². The fourth-order valence-corrected chi connectivity index (χ4v) is 2.82. The van der Waals surface area contributed by atoms with Crippen LogP contribution < -0.4 is 0 Å². The monoisotopic (exact) mass is 310 g/mol. The van der Waals surface area contributed by atoms with Gasteiger partial charge in [-0.05, 0) is 35.9 Å². The van der Waals surface area contributed by atoms with Gasteiger partial charge in [0.05, 0.1) is 29.2 Å². The molecule has 2 rings (SSSR count). The molecule has 0 saturated carbocycles. The SMILES string of the molecule is COC(=O)c1ccc(CS(=O)c2ccc(F)c(F)c2)cc1. The summed E-state index contributed by atoms with van der Waals surface area (Å²) in [5, 5.41) is 0. The van der Waals surface area contributed by atoms with E-state index in [1.54, 1.807) is 24.3 Å². The van der Waals surface area contributed by atoms with Crippen molar-refractivity contribution < 1.29 is 22.5 Å². The number of methoxy groups -OCH3 is 1. The largest absolute Gasteiger partial charge is 0.465 e. The zero-order valence-electron chi connectivity index (χ0n) is 11.1. The van der Waals surface area contributed by atoms with E-state index in [-0.39, 0.29) is 10.6 Å². The van der Waals surface area contributed by atoms with Crippen LogP contribution in [0.1, 0.15) is 15.9 Å². The van der Waals surface area contributed by atoms with E-state index in [9.17, 15) is 17.8 Å². The van der Waals surface area contributed by atoms with E-state index in [0.717, 1.165) is 12.1 Å². The van der Waals surface area contributed by atoms with Crippen LogP contribution >= 0.6 is 0 Å². The van der Waals surface area contributed by atoms with Gasteiger partial charge in [-0.25, -0.2) is 13.6 Å². The van der Waals surface area contributed by atoms with Crippen molar-refractivity contribution in [2.24, 2.45) is 0 Å². The summed E-state index contributed by atoms with van der Waals surface area (Å²) in [5.41, 5.74) is 1.10. The van der Waals surface area contributed by atoms with Crippen molar-refractivity contribution in [1.29, 1.82) is 0 Å². The summed E-state index contributed by atoms with van der Waals surface area (Å²) < 4.78 is 42.6. The lowest BCUT2D eigenvalue weighted by molar-refractivity contribution is 0.0600. The van der Waals surface area contributed by atoms with Crippen molar-refractivity contribution in [2.45, 2.75) is 10.6 Å². The van der Waals surface area contributed by atoms with Gasteiger partial charge in [-0.2, -0.15) is 0 Å². The van der Waals surface area contributed by atoms with Crippen LogP contribution in [0.15, 0.2) is 47.4 Å². The summed E-state index contributed by atoms with van der Waals surface area (Å²) in [5.74, 6) is -2.31. The van der Waals surface area contributed by atoms with E-state index in [4.69, 9.17) is 0 Å². The molecule has 0 heterocycles. The fourth-order valence-electron chi connectivity index (χ4n) is 1.71. The maximum atomic E-state index is 13.1. The molecule has 21 heavy (non-hydrogen) atoms. The Bertz CT molecular complexity index is 684. The number of halogens is 2. The van der Waals surface area contributed by atoms with E-state index in [1.807, 2.05) is 0 Å². The van der Waals surface area contributed by atoms with Gasteiger partial charge in [0.15, 0.2) is 11.6 Å². The standard InChI is InChI=1S/C15H12F2O3S/c1-20-15(18)11-4-2-10(3-5-11)9-21(19)12-6-7-13(16)14(17)8-12/h2-8H,9H2,1H3. The van der Waals surface area contributed by atoms with Crippen LogP contribution in [-0.4, -0.2) is 17.3 Å². The highest BCUT2D eigenvalue weighted by atomic mass is 32.2. The van der Waals surface area contributed by atoms with E-state index in [1.165, 1.54) is 13.2 Å². The van der Waals surface area contributed by atoms with Crippen LogP contribution in [0.4, 0.5) is 8.78 Å². The molecule has 2 aromatic carbocycles. The Hall–Kier alpha value is -2.08. The third-order valence-corrected chi connectivity index (χ3v) is 4.20. The van der Waals surface area contributed by atoms with Crippen molar-refractivity contribution in [1.82, 2.24) is 0 Å². The number of hydrogen-bond donors (Lipinski definition) is 0. The molecule has 0 bridgehead atoms. The predicted molar refractivity (Wildman–Crippen MR) is 74.3 cm³/mol. The highest BCUT2D eigenvalue weighted by Gasteiger charge is 2.10. The summed E-state index contributed by atoms with van der Waals surface area (Å²) >= 11 is 0. The predicted octanol–water partition coefficient (Wildman–Crippen LogP) is 3.06. The number of ether oxygens (including phenoxy) is 1. The number of carbonyl (C=O) groups excluding carboxylic acids is 1. The lowest BCUT2D eigenvalue weighted by Gasteiger charge is -2.05. The van der Waals surface area contributed by atoms with Gasteiger partial charge in [-0.1, -0.05) is 12.1 Å². The Morgan fingerprint density at radius 1 is 1.10 bits per heavy atom. The second kappa shape index (κ2) is 6.58. The molecule has 0 aliphatic rings. The van der Waals surface area contributed by atoms with Crippen molar-refractivity contribution in [3.63, 3.8) is 0 Å². The molecular weight excluding hydrogens is 298 g/mol. The number of rotatable bonds is 4. The molecule has 0 fully saturated rings. The van der Waals surface area contributed by atoms with Gasteiger partial charge in [0.25, 0.3) is 0 Å². The van der Waals surface area contributed by atoms with Crippen molar-refractivity contribution in [3.05, 3.63) is 65.2 Å². The summed E-state index contributed by atoms with van der Waals surface area (Å²) in [6, 6.07) is 9.57. The van der Waals surface area contributed by atoms with E-state index >= 15 is 0 Å². The topological polar surface area (TPSA) is 43.4 Å². The molecule has 1 unspecified atom stereocenters. The van der Waals surface area contributed by atoms with Crippen LogP contribution in [-0.2, 0) is 21.3 Å². The molecule has 0 aromatic heterocycles. The first kappa shape index (κ1) is 15.3. The molecule has 2 aromatic rings. The van der Waals surface area contributed by atoms with Crippen LogP contribution in [0.3, 0.4) is 0 Å². The number of benzene rings is 2. The van der Waals surface area contributed by atoms with Gasteiger partial charge in [-0.3, -0.25) is 4.21 Å². The molecule has 1 atom stereocenters. The molecule has 0 spiro atoms. The average molecular weight is 310 g/mol. The highest BCUT2D eigenvalue weighted by molar-refractivity contribution is 7.84. The molecule has 0 N–H and O–H groups in total. The summed E-state index contributed by atoms with van der Waals surface area (Å²) in [4.78, 5) is 11.5. The van der Waals surface area contributed by atoms with Crippen LogP contribution in [0, 0.1) is 11.6 Å². The minimum Gasteiger partial charge on any atom is -0.465 e. The Morgan fingerprint density at radius 2 is 1.76 bits per heavy atom. The Kier molecular flexibility index (Phi) is 4.80. The zero-order chi connectivity index (χ0) is 15.4. The first-order chi connectivity index (χ1) is 10.0. The van der Waals surface area contributed by atoms with Crippen LogP contribution in [0.5, 0.6) is 0 Å². The second-order valence-corrected chi connectivity index (χ2v) is 5.71. The lowest BCUT2D eigenvalue weighted by atomic mass is 10.1. The van der Waals surface area contributed by atoms with E-state index in [0.29, 0.717) is 11.1 Å². The summed E-state index contributed by atoms with van der Waals surface area (Å²) in [7, 11) is -0.209. The fraction of sp³-hybridized carbons (Fsp3) is 0.133. The van der Waals surface area contributed by atoms with Gasteiger partial charge in [-0.15, -0.1) is 0 Å². The summed E-state index contributed by atoms with van der Waals surface area (Å²) in [6.45, 7) is 0. The molecule has 0 aliphatic heterocycles. The third kappa shape index (κ3) is 3.72. The quantitative estimate of drug-likeness (QED) is 0.815. The molecule has 0 radical (unpaired) electrons. The lowest BCUT2D eigenvalue weighted by Crippen LogP contribution is -2.02. The zero-order valence-corrected chi connectivity index (χ0v) is 12.0. The van der Waals surface area contributed by atoms with E-state index < -0.39 is 28.4 Å². The Balaban J connectivity index is 2.12.